The molecule has 1 N–H and O–H groups in total. The molecule has 6 nitrogen and oxygen atoms in total. The van der Waals surface area contributed by atoms with E-state index in [0.717, 1.165) is 29.7 Å². The fourth-order valence-corrected chi connectivity index (χ4v) is 6.11. The average molecular weight is 497 g/mol. The lowest BCUT2D eigenvalue weighted by Crippen LogP contribution is -2.38. The van der Waals surface area contributed by atoms with Crippen LogP contribution in [0.15, 0.2) is 82.1 Å². The Morgan fingerprint density at radius 2 is 1.69 bits per heavy atom. The van der Waals surface area contributed by atoms with Gasteiger partial charge in [-0.15, -0.1) is 0 Å². The number of nitrogens with zero attached hydrogens (tertiary/aromatic N) is 2. The molecule has 1 aromatic heterocycles. The first-order chi connectivity index (χ1) is 17.6. The summed E-state index contributed by atoms with van der Waals surface area (Å²) < 4.78 is 13.0. The molecule has 6 rings (SSSR count). The molecule has 7 heteroatoms. The normalized spacial score (nSPS) is 16.6. The van der Waals surface area contributed by atoms with Crippen LogP contribution < -0.4 is 24.4 Å². The van der Waals surface area contributed by atoms with Crippen LogP contribution in [0.2, 0.25) is 0 Å². The Morgan fingerprint density at radius 1 is 1.00 bits per heavy atom. The standard InChI is InChI=1S/C29H24N2O4S/c1-34-22-14-17(15-23(35-2)27(22)32)16-24-28(33)31-26(19-9-4-3-5-10-19)21-13-12-18-8-6-7-11-20(18)25(21)30-29(31)36-24/h3-11,14-16,26,32H,12-13H2,1-2H3/b24-16+. The number of rotatable bonds is 4. The van der Waals surface area contributed by atoms with Crippen molar-refractivity contribution >= 4 is 23.1 Å². The lowest BCUT2D eigenvalue weighted by Gasteiger charge is -2.30. The van der Waals surface area contributed by atoms with Crippen molar-refractivity contribution in [3.63, 3.8) is 0 Å². The molecule has 3 aromatic carbocycles. The van der Waals surface area contributed by atoms with E-state index in [1.807, 2.05) is 28.8 Å². The lowest BCUT2D eigenvalue weighted by molar-refractivity contribution is 0.340. The maximum Gasteiger partial charge on any atom is 0.271 e. The first kappa shape index (κ1) is 22.4. The van der Waals surface area contributed by atoms with Gasteiger partial charge in [0.2, 0.25) is 5.75 Å². The number of ether oxygens (including phenoxy) is 2. The summed E-state index contributed by atoms with van der Waals surface area (Å²) in [5, 5.41) is 10.3. The minimum absolute atomic E-state index is 0.0750. The molecule has 0 saturated carbocycles. The van der Waals surface area contributed by atoms with Gasteiger partial charge in [0.1, 0.15) is 0 Å². The second-order valence-corrected chi connectivity index (χ2v) is 9.81. The summed E-state index contributed by atoms with van der Waals surface area (Å²) in [7, 11) is 2.96. The van der Waals surface area contributed by atoms with Crippen LogP contribution in [-0.2, 0) is 6.42 Å². The summed E-state index contributed by atoms with van der Waals surface area (Å²) in [6.07, 6.45) is 3.57. The molecule has 2 aliphatic rings. The van der Waals surface area contributed by atoms with Crippen molar-refractivity contribution in [2.24, 2.45) is 4.99 Å². The predicted molar refractivity (Wildman–Crippen MR) is 140 cm³/mol. The van der Waals surface area contributed by atoms with E-state index in [9.17, 15) is 9.90 Å². The molecule has 4 aromatic rings. The monoisotopic (exact) mass is 496 g/mol. The maximum atomic E-state index is 13.8. The van der Waals surface area contributed by atoms with Crippen LogP contribution in [0.1, 0.15) is 34.7 Å². The third-order valence-corrected chi connectivity index (χ3v) is 7.77. The molecule has 1 unspecified atom stereocenters. The number of phenolic OH excluding ortho intramolecular Hbond substituents is 1. The third kappa shape index (κ3) is 3.55. The molecule has 1 aliphatic carbocycles. The Labute approximate surface area is 211 Å². The van der Waals surface area contributed by atoms with Crippen molar-refractivity contribution < 1.29 is 14.6 Å². The zero-order valence-corrected chi connectivity index (χ0v) is 20.7. The van der Waals surface area contributed by atoms with Crippen LogP contribution in [0.5, 0.6) is 17.2 Å². The molecule has 0 bridgehead atoms. The maximum absolute atomic E-state index is 13.8. The number of aromatic hydroxyl groups is 1. The number of fused-ring (bicyclic) bond motifs is 3. The molecular formula is C29H24N2O4S. The second kappa shape index (κ2) is 8.84. The smallest absolute Gasteiger partial charge is 0.271 e. The van der Waals surface area contributed by atoms with Crippen LogP contribution in [-0.4, -0.2) is 23.9 Å². The highest BCUT2D eigenvalue weighted by molar-refractivity contribution is 7.07. The van der Waals surface area contributed by atoms with E-state index in [2.05, 4.69) is 30.3 Å². The summed E-state index contributed by atoms with van der Waals surface area (Å²) in [6, 6.07) is 21.7. The summed E-state index contributed by atoms with van der Waals surface area (Å²) in [6.45, 7) is 0. The first-order valence-electron chi connectivity index (χ1n) is 11.7. The summed E-state index contributed by atoms with van der Waals surface area (Å²) in [5.74, 6) is 0.485. The third-order valence-electron chi connectivity index (χ3n) is 6.79. The van der Waals surface area contributed by atoms with Gasteiger partial charge >= 0.3 is 0 Å². The fourth-order valence-electron chi connectivity index (χ4n) is 5.11. The van der Waals surface area contributed by atoms with E-state index in [-0.39, 0.29) is 28.8 Å². The van der Waals surface area contributed by atoms with Gasteiger partial charge < -0.3 is 14.6 Å². The van der Waals surface area contributed by atoms with Gasteiger partial charge in [-0.3, -0.25) is 9.36 Å². The molecule has 36 heavy (non-hydrogen) atoms. The number of allylic oxidation sites excluding steroid dienone is 1. The number of methoxy groups -OCH3 is 2. The number of aromatic nitrogens is 1. The molecular weight excluding hydrogens is 472 g/mol. The highest BCUT2D eigenvalue weighted by atomic mass is 32.1. The number of thiazole rings is 1. The molecule has 0 fully saturated rings. The van der Waals surface area contributed by atoms with Crippen LogP contribution in [0.4, 0.5) is 0 Å². The lowest BCUT2D eigenvalue weighted by atomic mass is 9.83. The molecule has 1 aliphatic heterocycles. The van der Waals surface area contributed by atoms with Gasteiger partial charge in [0.15, 0.2) is 16.3 Å². The summed E-state index contributed by atoms with van der Waals surface area (Å²) in [4.78, 5) is 19.6. The van der Waals surface area contributed by atoms with Gasteiger partial charge in [0.05, 0.1) is 30.5 Å². The Balaban J connectivity index is 1.60. The average Bonchev–Trinajstić information content (AvgIpc) is 3.22. The van der Waals surface area contributed by atoms with Crippen molar-refractivity contribution in [2.45, 2.75) is 18.9 Å². The minimum Gasteiger partial charge on any atom is -0.502 e. The number of phenols is 1. The topological polar surface area (TPSA) is 73.1 Å². The minimum atomic E-state index is -0.211. The number of hydrogen-bond acceptors (Lipinski definition) is 6. The van der Waals surface area contributed by atoms with Crippen molar-refractivity contribution in [3.05, 3.63) is 114 Å². The number of benzene rings is 3. The van der Waals surface area contributed by atoms with E-state index in [1.54, 1.807) is 18.2 Å². The molecule has 0 saturated heterocycles. The quantitative estimate of drug-likeness (QED) is 0.463. The predicted octanol–water partition coefficient (Wildman–Crippen LogP) is 4.04. The van der Waals surface area contributed by atoms with Gasteiger partial charge in [0.25, 0.3) is 5.56 Å². The van der Waals surface area contributed by atoms with Gasteiger partial charge in [-0.2, -0.15) is 0 Å². The molecule has 0 amide bonds. The van der Waals surface area contributed by atoms with Gasteiger partial charge in [-0.25, -0.2) is 4.99 Å². The zero-order valence-electron chi connectivity index (χ0n) is 19.9. The number of hydrogen-bond donors (Lipinski definition) is 1. The van der Waals surface area contributed by atoms with Gasteiger partial charge in [0, 0.05) is 5.56 Å². The van der Waals surface area contributed by atoms with Crippen LogP contribution in [0, 0.1) is 0 Å². The molecule has 180 valence electrons. The highest BCUT2D eigenvalue weighted by Crippen LogP contribution is 2.41. The van der Waals surface area contributed by atoms with Crippen molar-refractivity contribution in [1.29, 1.82) is 0 Å². The van der Waals surface area contributed by atoms with Crippen LogP contribution in [0.25, 0.3) is 11.8 Å². The Bertz CT molecular complexity index is 1670. The zero-order chi connectivity index (χ0) is 24.8. The molecule has 2 heterocycles. The summed E-state index contributed by atoms with van der Waals surface area (Å²) >= 11 is 1.37. The van der Waals surface area contributed by atoms with Crippen molar-refractivity contribution in [1.82, 2.24) is 4.57 Å². The van der Waals surface area contributed by atoms with Crippen LogP contribution >= 0.6 is 11.3 Å². The van der Waals surface area contributed by atoms with E-state index in [4.69, 9.17) is 14.5 Å². The Kier molecular flexibility index (Phi) is 5.49. The van der Waals surface area contributed by atoms with Crippen molar-refractivity contribution in [3.8, 4) is 17.2 Å². The fraction of sp³-hybridized carbons (Fsp3) is 0.172. The summed E-state index contributed by atoms with van der Waals surface area (Å²) in [5.41, 5.74) is 6.25. The Morgan fingerprint density at radius 3 is 2.42 bits per heavy atom. The highest BCUT2D eigenvalue weighted by Gasteiger charge is 2.32. The Hall–Kier alpha value is -4.10. The van der Waals surface area contributed by atoms with E-state index >= 15 is 0 Å². The first-order valence-corrected chi connectivity index (χ1v) is 12.5. The molecule has 0 radical (unpaired) electrons. The van der Waals surface area contributed by atoms with E-state index in [0.29, 0.717) is 14.9 Å². The largest absolute Gasteiger partial charge is 0.502 e. The molecule has 0 spiro atoms. The van der Waals surface area contributed by atoms with E-state index < -0.39 is 0 Å². The van der Waals surface area contributed by atoms with Crippen molar-refractivity contribution in [2.75, 3.05) is 14.2 Å². The van der Waals surface area contributed by atoms with Gasteiger partial charge in [-0.05, 0) is 53.3 Å². The van der Waals surface area contributed by atoms with E-state index in [1.165, 1.54) is 36.7 Å². The van der Waals surface area contributed by atoms with Gasteiger partial charge in [-0.1, -0.05) is 65.9 Å². The number of aryl methyl sites for hydroxylation is 1. The second-order valence-electron chi connectivity index (χ2n) is 8.80. The SMILES string of the molecule is COc1cc(/C=c2/sc3n(c2=O)C(c2ccccc2)C2=C(N=3)c3ccccc3CC2)cc(OC)c1O. The van der Waals surface area contributed by atoms with Crippen LogP contribution in [0.3, 0.4) is 0 Å². The molecule has 1 atom stereocenters.